The van der Waals surface area contributed by atoms with E-state index in [9.17, 15) is 0 Å². The summed E-state index contributed by atoms with van der Waals surface area (Å²) in [6.07, 6.45) is 3.81. The van der Waals surface area contributed by atoms with Gasteiger partial charge in [-0.1, -0.05) is 12.1 Å². The zero-order valence-corrected chi connectivity index (χ0v) is 11.2. The highest BCUT2D eigenvalue weighted by molar-refractivity contribution is 5.27. The Bertz CT molecular complexity index is 348. The molecule has 0 saturated carbocycles. The predicted molar refractivity (Wildman–Crippen MR) is 72.9 cm³/mol. The van der Waals surface area contributed by atoms with Crippen LogP contribution in [0.5, 0.6) is 5.75 Å². The van der Waals surface area contributed by atoms with Crippen LogP contribution < -0.4 is 10.1 Å². The summed E-state index contributed by atoms with van der Waals surface area (Å²) < 4.78 is 10.9. The normalized spacial score (nSPS) is 19.7. The van der Waals surface area contributed by atoms with Gasteiger partial charge in [-0.3, -0.25) is 0 Å². The second-order valence-corrected chi connectivity index (χ2v) is 4.91. The fourth-order valence-electron chi connectivity index (χ4n) is 2.37. The molecule has 1 fully saturated rings. The van der Waals surface area contributed by atoms with Crippen LogP contribution in [0.3, 0.4) is 0 Å². The Kier molecular flexibility index (Phi) is 5.49. The number of ether oxygens (including phenoxy) is 2. The van der Waals surface area contributed by atoms with Gasteiger partial charge in [0.2, 0.25) is 0 Å². The highest BCUT2D eigenvalue weighted by atomic mass is 16.5. The maximum Gasteiger partial charge on any atom is 0.119 e. The second kappa shape index (κ2) is 7.39. The van der Waals surface area contributed by atoms with Gasteiger partial charge >= 0.3 is 0 Å². The summed E-state index contributed by atoms with van der Waals surface area (Å²) in [7, 11) is 1.69. The van der Waals surface area contributed by atoms with Gasteiger partial charge in [0.25, 0.3) is 0 Å². The van der Waals surface area contributed by atoms with E-state index in [1.165, 1.54) is 24.9 Å². The molecule has 1 aromatic carbocycles. The molecule has 0 aromatic heterocycles. The average Bonchev–Trinajstić information content (AvgIpc) is 2.45. The zero-order chi connectivity index (χ0) is 12.6. The van der Waals surface area contributed by atoms with Crippen LogP contribution in [0.1, 0.15) is 24.8 Å². The molecule has 0 unspecified atom stereocenters. The highest BCUT2D eigenvalue weighted by Crippen LogP contribution is 2.16. The molecule has 0 bridgehead atoms. The molecule has 1 atom stereocenters. The van der Waals surface area contributed by atoms with Gasteiger partial charge in [-0.25, -0.2) is 0 Å². The number of benzene rings is 1. The average molecular weight is 249 g/mol. The summed E-state index contributed by atoms with van der Waals surface area (Å²) in [5, 5.41) is 3.44. The minimum absolute atomic E-state index is 0.678. The number of hydrogen-bond donors (Lipinski definition) is 1. The molecule has 100 valence electrons. The summed E-state index contributed by atoms with van der Waals surface area (Å²) in [5.41, 5.74) is 1.18. The first kappa shape index (κ1) is 13.4. The van der Waals surface area contributed by atoms with Crippen molar-refractivity contribution < 1.29 is 9.47 Å². The van der Waals surface area contributed by atoms with Crippen LogP contribution in [0, 0.1) is 5.92 Å². The maximum atomic E-state index is 5.74. The molecule has 18 heavy (non-hydrogen) atoms. The molecule has 1 saturated heterocycles. The monoisotopic (exact) mass is 249 g/mol. The molecule has 2 rings (SSSR count). The van der Waals surface area contributed by atoms with Gasteiger partial charge in [0.15, 0.2) is 0 Å². The van der Waals surface area contributed by atoms with E-state index in [-0.39, 0.29) is 0 Å². The first-order valence-electron chi connectivity index (χ1n) is 6.80. The molecule has 1 aliphatic heterocycles. The topological polar surface area (TPSA) is 30.5 Å². The number of methoxy groups -OCH3 is 1. The Morgan fingerprint density at radius 1 is 1.39 bits per heavy atom. The van der Waals surface area contributed by atoms with Gasteiger partial charge in [-0.05, 0) is 56.0 Å². The van der Waals surface area contributed by atoms with Crippen molar-refractivity contribution in [2.45, 2.75) is 25.9 Å². The third-order valence-corrected chi connectivity index (χ3v) is 3.47. The van der Waals surface area contributed by atoms with E-state index in [1.807, 2.05) is 18.2 Å². The lowest BCUT2D eigenvalue weighted by molar-refractivity contribution is 0.103. The van der Waals surface area contributed by atoms with Crippen molar-refractivity contribution in [2.24, 2.45) is 5.92 Å². The summed E-state index contributed by atoms with van der Waals surface area (Å²) in [6.45, 7) is 3.87. The van der Waals surface area contributed by atoms with Crippen LogP contribution in [-0.2, 0) is 11.3 Å². The molecule has 3 heteroatoms. The van der Waals surface area contributed by atoms with Crippen molar-refractivity contribution in [1.29, 1.82) is 0 Å². The molecular weight excluding hydrogens is 226 g/mol. The fraction of sp³-hybridized carbons (Fsp3) is 0.600. The Morgan fingerprint density at radius 3 is 3.11 bits per heavy atom. The van der Waals surface area contributed by atoms with Crippen LogP contribution in [-0.4, -0.2) is 26.8 Å². The molecule has 1 N–H and O–H groups in total. The van der Waals surface area contributed by atoms with Crippen molar-refractivity contribution in [2.75, 3.05) is 26.8 Å². The van der Waals surface area contributed by atoms with Crippen LogP contribution in [0.2, 0.25) is 0 Å². The van der Waals surface area contributed by atoms with Crippen molar-refractivity contribution in [3.63, 3.8) is 0 Å². The highest BCUT2D eigenvalue weighted by Gasteiger charge is 2.12. The Hall–Kier alpha value is -1.06. The molecule has 1 aromatic rings. The van der Waals surface area contributed by atoms with E-state index in [2.05, 4.69) is 11.4 Å². The van der Waals surface area contributed by atoms with Gasteiger partial charge in [-0.15, -0.1) is 0 Å². The predicted octanol–water partition coefficient (Wildman–Crippen LogP) is 2.60. The zero-order valence-electron chi connectivity index (χ0n) is 11.2. The molecule has 0 spiro atoms. The Labute approximate surface area is 109 Å². The van der Waals surface area contributed by atoms with E-state index in [4.69, 9.17) is 9.47 Å². The van der Waals surface area contributed by atoms with E-state index in [1.54, 1.807) is 7.11 Å². The number of nitrogens with one attached hydrogen (secondary N) is 1. The molecule has 0 amide bonds. The van der Waals surface area contributed by atoms with Crippen LogP contribution in [0.15, 0.2) is 24.3 Å². The molecule has 3 nitrogen and oxygen atoms in total. The minimum Gasteiger partial charge on any atom is -0.497 e. The molecular formula is C15H23NO2. The number of rotatable bonds is 6. The Morgan fingerprint density at radius 2 is 2.33 bits per heavy atom. The standard InChI is InChI=1S/C15H23NO2/c1-17-15-6-2-4-14(10-15)12-18-9-7-13-5-3-8-16-11-13/h2,4,6,10,13,16H,3,5,7-9,11-12H2,1H3/t13-/m0/s1. The van der Waals surface area contributed by atoms with Gasteiger partial charge in [0.05, 0.1) is 13.7 Å². The van der Waals surface area contributed by atoms with Crippen LogP contribution in [0.4, 0.5) is 0 Å². The maximum absolute atomic E-state index is 5.74. The summed E-state index contributed by atoms with van der Waals surface area (Å²) in [6, 6.07) is 8.06. The molecule has 1 aliphatic rings. The van der Waals surface area contributed by atoms with Gasteiger partial charge in [0.1, 0.15) is 5.75 Å². The third-order valence-electron chi connectivity index (χ3n) is 3.47. The number of hydrogen-bond acceptors (Lipinski definition) is 3. The van der Waals surface area contributed by atoms with E-state index in [0.717, 1.165) is 31.2 Å². The van der Waals surface area contributed by atoms with Crippen molar-refractivity contribution in [3.05, 3.63) is 29.8 Å². The lowest BCUT2D eigenvalue weighted by Gasteiger charge is -2.22. The second-order valence-electron chi connectivity index (χ2n) is 4.91. The Balaban J connectivity index is 1.65. The third kappa shape index (κ3) is 4.31. The first-order valence-corrected chi connectivity index (χ1v) is 6.80. The minimum atomic E-state index is 0.678. The SMILES string of the molecule is COc1cccc(COCC[C@@H]2CCCNC2)c1. The van der Waals surface area contributed by atoms with Gasteiger partial charge in [-0.2, -0.15) is 0 Å². The fourth-order valence-corrected chi connectivity index (χ4v) is 2.37. The van der Waals surface area contributed by atoms with E-state index in [0.29, 0.717) is 6.61 Å². The lowest BCUT2D eigenvalue weighted by atomic mass is 9.97. The van der Waals surface area contributed by atoms with E-state index < -0.39 is 0 Å². The van der Waals surface area contributed by atoms with E-state index >= 15 is 0 Å². The summed E-state index contributed by atoms with van der Waals surface area (Å²) in [4.78, 5) is 0. The summed E-state index contributed by atoms with van der Waals surface area (Å²) >= 11 is 0. The van der Waals surface area contributed by atoms with Crippen molar-refractivity contribution in [1.82, 2.24) is 5.32 Å². The van der Waals surface area contributed by atoms with Gasteiger partial charge in [0, 0.05) is 6.61 Å². The van der Waals surface area contributed by atoms with Crippen molar-refractivity contribution >= 4 is 0 Å². The first-order chi connectivity index (χ1) is 8.88. The molecule has 1 heterocycles. The molecule has 0 radical (unpaired) electrons. The van der Waals surface area contributed by atoms with Gasteiger partial charge < -0.3 is 14.8 Å². The largest absolute Gasteiger partial charge is 0.497 e. The van der Waals surface area contributed by atoms with Crippen molar-refractivity contribution in [3.8, 4) is 5.75 Å². The number of piperidine rings is 1. The smallest absolute Gasteiger partial charge is 0.119 e. The van der Waals surface area contributed by atoms with Crippen LogP contribution in [0.25, 0.3) is 0 Å². The van der Waals surface area contributed by atoms with Crippen LogP contribution >= 0.6 is 0 Å². The lowest BCUT2D eigenvalue weighted by Crippen LogP contribution is -2.30. The summed E-state index contributed by atoms with van der Waals surface area (Å²) in [5.74, 6) is 1.69. The quantitative estimate of drug-likeness (QED) is 0.786. The molecule has 0 aliphatic carbocycles.